The fourth-order valence-electron chi connectivity index (χ4n) is 3.29. The van der Waals surface area contributed by atoms with Crippen LogP contribution in [0.4, 0.5) is 18.0 Å². The summed E-state index contributed by atoms with van der Waals surface area (Å²) >= 11 is 0. The molecule has 6 amide bonds. The molecule has 0 saturated carbocycles. The molecule has 0 bridgehead atoms. The van der Waals surface area contributed by atoms with Gasteiger partial charge in [-0.1, -0.05) is 34.6 Å². The molecule has 6 N–H and O–H groups in total. The summed E-state index contributed by atoms with van der Waals surface area (Å²) in [7, 11) is 0. The molecule has 0 aromatic carbocycles. The van der Waals surface area contributed by atoms with Crippen LogP contribution in [0, 0.1) is 17.3 Å². The molecular formula is C20H33F3N6O5. The van der Waals surface area contributed by atoms with Crippen LogP contribution >= 0.6 is 0 Å². The van der Waals surface area contributed by atoms with Crippen molar-refractivity contribution in [3.05, 3.63) is 0 Å². The van der Waals surface area contributed by atoms with Crippen LogP contribution in [0.15, 0.2) is 0 Å². The van der Waals surface area contributed by atoms with Crippen molar-refractivity contribution >= 4 is 29.7 Å². The number of carbonyl (C=O) groups excluding carboxylic acids is 5. The van der Waals surface area contributed by atoms with Crippen LogP contribution in [0.25, 0.3) is 0 Å². The van der Waals surface area contributed by atoms with Crippen LogP contribution in [0.1, 0.15) is 47.5 Å². The lowest BCUT2D eigenvalue weighted by Gasteiger charge is -2.33. The molecule has 1 fully saturated rings. The molecule has 0 spiro atoms. The molecule has 14 heteroatoms. The maximum atomic E-state index is 12.9. The number of amides is 6. The smallest absolute Gasteiger partial charge is 0.356 e. The zero-order valence-corrected chi connectivity index (χ0v) is 19.8. The molecule has 0 aromatic heterocycles. The number of primary amides is 1. The van der Waals surface area contributed by atoms with Crippen molar-refractivity contribution in [2.45, 2.75) is 65.7 Å². The standard InChI is InChI=1S/C20H33F3N6O5/c1-10(2)8-12(15(31)28-29(18(24)34)9-11-6-7-25-14(11)30)26-16(32)13(19(3,4)5)27-17(33)20(21,22)23/h10-13H,6-9H2,1-5H3,(H2,24,34)(H,25,30)(H,26,32)(H,27,33)(H,28,31)/t11?,12-,13?/m0/s1. The number of alkyl halides is 3. The van der Waals surface area contributed by atoms with Crippen molar-refractivity contribution in [2.75, 3.05) is 13.1 Å². The van der Waals surface area contributed by atoms with Crippen LogP contribution in [0.5, 0.6) is 0 Å². The highest BCUT2D eigenvalue weighted by Crippen LogP contribution is 2.23. The van der Waals surface area contributed by atoms with E-state index in [4.69, 9.17) is 5.73 Å². The molecule has 34 heavy (non-hydrogen) atoms. The van der Waals surface area contributed by atoms with Crippen molar-refractivity contribution in [1.29, 1.82) is 0 Å². The molecule has 1 saturated heterocycles. The third-order valence-corrected chi connectivity index (χ3v) is 5.08. The molecular weight excluding hydrogens is 461 g/mol. The minimum atomic E-state index is -5.20. The lowest BCUT2D eigenvalue weighted by molar-refractivity contribution is -0.175. The molecule has 0 radical (unpaired) electrons. The van der Waals surface area contributed by atoms with E-state index in [0.717, 1.165) is 5.01 Å². The van der Waals surface area contributed by atoms with E-state index >= 15 is 0 Å². The number of hydrazine groups is 1. The first-order valence-corrected chi connectivity index (χ1v) is 10.8. The van der Waals surface area contributed by atoms with Crippen molar-refractivity contribution in [3.8, 4) is 0 Å². The number of nitrogens with one attached hydrogen (secondary N) is 4. The maximum Gasteiger partial charge on any atom is 0.471 e. The predicted octanol–water partition coefficient (Wildman–Crippen LogP) is 0.159. The topological polar surface area (TPSA) is 163 Å². The number of urea groups is 1. The van der Waals surface area contributed by atoms with Crippen LogP contribution in [0.3, 0.4) is 0 Å². The Bertz CT molecular complexity index is 797. The van der Waals surface area contributed by atoms with Gasteiger partial charge in [-0.15, -0.1) is 0 Å². The normalized spacial score (nSPS) is 18.0. The van der Waals surface area contributed by atoms with E-state index in [2.05, 4.69) is 16.1 Å². The van der Waals surface area contributed by atoms with Gasteiger partial charge in [0.2, 0.25) is 11.8 Å². The number of halogens is 3. The average molecular weight is 495 g/mol. The quantitative estimate of drug-likeness (QED) is 0.303. The third kappa shape index (κ3) is 8.71. The Labute approximate surface area is 195 Å². The van der Waals surface area contributed by atoms with Crippen molar-refractivity contribution in [3.63, 3.8) is 0 Å². The fourth-order valence-corrected chi connectivity index (χ4v) is 3.29. The number of carbonyl (C=O) groups is 5. The van der Waals surface area contributed by atoms with Gasteiger partial charge >= 0.3 is 18.1 Å². The molecule has 1 heterocycles. The number of nitrogens with zero attached hydrogens (tertiary/aromatic N) is 1. The predicted molar refractivity (Wildman–Crippen MR) is 114 cm³/mol. The van der Waals surface area contributed by atoms with Gasteiger partial charge < -0.3 is 21.7 Å². The van der Waals surface area contributed by atoms with Crippen molar-refractivity contribution < 1.29 is 37.1 Å². The summed E-state index contributed by atoms with van der Waals surface area (Å²) in [5.74, 6) is -5.19. The Morgan fingerprint density at radius 3 is 2.12 bits per heavy atom. The Kier molecular flexibility index (Phi) is 9.70. The summed E-state index contributed by atoms with van der Waals surface area (Å²) in [5, 5.41) is 7.38. The summed E-state index contributed by atoms with van der Waals surface area (Å²) < 4.78 is 38.3. The minimum Gasteiger partial charge on any atom is -0.356 e. The molecule has 1 rings (SSSR count). The average Bonchev–Trinajstić information content (AvgIpc) is 3.06. The van der Waals surface area contributed by atoms with Crippen LogP contribution < -0.4 is 27.1 Å². The van der Waals surface area contributed by atoms with Crippen LogP contribution in [0.2, 0.25) is 0 Å². The van der Waals surface area contributed by atoms with Crippen molar-refractivity contribution in [2.24, 2.45) is 23.0 Å². The largest absolute Gasteiger partial charge is 0.471 e. The molecule has 1 aliphatic rings. The monoisotopic (exact) mass is 494 g/mol. The highest BCUT2D eigenvalue weighted by Gasteiger charge is 2.44. The third-order valence-electron chi connectivity index (χ3n) is 5.08. The number of hydrogen-bond donors (Lipinski definition) is 5. The van der Waals surface area contributed by atoms with E-state index in [1.54, 1.807) is 19.2 Å². The van der Waals surface area contributed by atoms with E-state index < -0.39 is 53.3 Å². The fraction of sp³-hybridized carbons (Fsp3) is 0.750. The number of hydrogen-bond acceptors (Lipinski definition) is 5. The van der Waals surface area contributed by atoms with Gasteiger partial charge in [-0.25, -0.2) is 9.80 Å². The van der Waals surface area contributed by atoms with Gasteiger partial charge in [0, 0.05) is 6.54 Å². The maximum absolute atomic E-state index is 12.9. The minimum absolute atomic E-state index is 0.0676. The van der Waals surface area contributed by atoms with Gasteiger partial charge in [0.15, 0.2) is 0 Å². The van der Waals surface area contributed by atoms with Crippen molar-refractivity contribution in [1.82, 2.24) is 26.4 Å². The molecule has 1 aliphatic heterocycles. The Hall–Kier alpha value is -3.06. The summed E-state index contributed by atoms with van der Waals surface area (Å²) in [6, 6.07) is -3.91. The molecule has 2 unspecified atom stereocenters. The molecule has 0 aliphatic carbocycles. The molecule has 3 atom stereocenters. The molecule has 11 nitrogen and oxygen atoms in total. The second-order valence-corrected chi connectivity index (χ2v) is 9.66. The first-order chi connectivity index (χ1) is 15.4. The molecule has 0 aromatic rings. The van der Waals surface area contributed by atoms with E-state index in [0.29, 0.717) is 13.0 Å². The summed E-state index contributed by atoms with van der Waals surface area (Å²) in [5.41, 5.74) is 6.46. The van der Waals surface area contributed by atoms with Gasteiger partial charge in [-0.05, 0) is 24.2 Å². The highest BCUT2D eigenvalue weighted by atomic mass is 19.4. The van der Waals surface area contributed by atoms with Gasteiger partial charge in [-0.3, -0.25) is 24.6 Å². The first-order valence-electron chi connectivity index (χ1n) is 10.8. The van der Waals surface area contributed by atoms with E-state index in [9.17, 15) is 37.1 Å². The SMILES string of the molecule is CC(C)C[C@H](NC(=O)C(NC(=O)C(F)(F)F)C(C)(C)C)C(=O)NN(CC1CCNC1=O)C(N)=O. The number of nitrogens with two attached hydrogens (primary N) is 1. The van der Waals surface area contributed by atoms with E-state index in [-0.39, 0.29) is 24.8 Å². The summed E-state index contributed by atoms with van der Waals surface area (Å²) in [6.07, 6.45) is -4.71. The lowest BCUT2D eigenvalue weighted by Crippen LogP contribution is -2.61. The van der Waals surface area contributed by atoms with Gasteiger partial charge in [0.1, 0.15) is 12.1 Å². The summed E-state index contributed by atoms with van der Waals surface area (Å²) in [4.78, 5) is 60.8. The zero-order chi connectivity index (χ0) is 26.4. The Morgan fingerprint density at radius 2 is 1.71 bits per heavy atom. The second-order valence-electron chi connectivity index (χ2n) is 9.66. The Balaban J connectivity index is 3.03. The van der Waals surface area contributed by atoms with Gasteiger partial charge in [-0.2, -0.15) is 13.2 Å². The van der Waals surface area contributed by atoms with Crippen LogP contribution in [-0.4, -0.2) is 66.0 Å². The van der Waals surface area contributed by atoms with E-state index in [1.807, 2.05) is 0 Å². The van der Waals surface area contributed by atoms with Crippen LogP contribution in [-0.2, 0) is 19.2 Å². The van der Waals surface area contributed by atoms with Gasteiger partial charge in [0.25, 0.3) is 5.91 Å². The van der Waals surface area contributed by atoms with Gasteiger partial charge in [0.05, 0.1) is 12.5 Å². The first kappa shape index (κ1) is 29.0. The Morgan fingerprint density at radius 1 is 1.12 bits per heavy atom. The number of rotatable bonds is 8. The molecule has 194 valence electrons. The van der Waals surface area contributed by atoms with E-state index in [1.165, 1.54) is 20.8 Å². The zero-order valence-electron chi connectivity index (χ0n) is 19.8. The summed E-state index contributed by atoms with van der Waals surface area (Å²) in [6.45, 7) is 8.06. The highest BCUT2D eigenvalue weighted by molar-refractivity contribution is 5.94. The lowest BCUT2D eigenvalue weighted by atomic mass is 9.85. The second kappa shape index (κ2) is 11.4.